The lowest BCUT2D eigenvalue weighted by Gasteiger charge is -2.45. The van der Waals surface area contributed by atoms with Crippen LogP contribution in [0.1, 0.15) is 75.5 Å². The Balaban J connectivity index is 1.51. The van der Waals surface area contributed by atoms with Crippen molar-refractivity contribution in [3.63, 3.8) is 0 Å². The molecule has 2 N–H and O–H groups in total. The number of carbonyl (C=O) groups excluding carboxylic acids is 1. The molecule has 0 radical (unpaired) electrons. The predicted octanol–water partition coefficient (Wildman–Crippen LogP) is 5.13. The minimum Gasteiger partial charge on any atom is -0.469 e. The molecule has 0 spiro atoms. The zero-order valence-electron chi connectivity index (χ0n) is 19.1. The van der Waals surface area contributed by atoms with Crippen LogP contribution in [-0.4, -0.2) is 35.5 Å². The van der Waals surface area contributed by atoms with E-state index in [-0.39, 0.29) is 29.1 Å². The molecule has 0 saturated heterocycles. The fraction of sp³-hybridized carbons (Fsp3) is 0.692. The van der Waals surface area contributed by atoms with E-state index in [9.17, 15) is 20.3 Å². The highest BCUT2D eigenvalue weighted by atomic mass is 32.1. The second-order valence-corrected chi connectivity index (χ2v) is 10.4. The first kappa shape index (κ1) is 25.0. The third-order valence-electron chi connectivity index (χ3n) is 7.63. The second kappa shape index (κ2) is 12.0. The number of nitrogens with zero attached hydrogens (tertiary/aromatic N) is 1. The summed E-state index contributed by atoms with van der Waals surface area (Å²) in [6.45, 7) is 0. The highest BCUT2D eigenvalue weighted by molar-refractivity contribution is 7.10. The highest BCUT2D eigenvalue weighted by Crippen LogP contribution is 2.49. The van der Waals surface area contributed by atoms with Gasteiger partial charge in [-0.05, 0) is 55.9 Å². The highest BCUT2D eigenvalue weighted by Gasteiger charge is 2.45. The summed E-state index contributed by atoms with van der Waals surface area (Å²) in [5.41, 5.74) is -0.106. The minimum absolute atomic E-state index is 0.0269. The Morgan fingerprint density at radius 2 is 2.16 bits per heavy atom. The van der Waals surface area contributed by atoms with Crippen LogP contribution in [-0.2, 0) is 14.9 Å². The molecule has 0 aliphatic heterocycles. The Hall–Kier alpha value is -1.68. The predicted molar refractivity (Wildman–Crippen MR) is 126 cm³/mol. The van der Waals surface area contributed by atoms with Crippen molar-refractivity contribution in [2.75, 3.05) is 7.11 Å². The first-order chi connectivity index (χ1) is 15.5. The van der Waals surface area contributed by atoms with E-state index in [1.54, 1.807) is 11.3 Å². The fourth-order valence-electron chi connectivity index (χ4n) is 5.52. The number of hydrogen-bond donors (Lipinski definition) is 2. The van der Waals surface area contributed by atoms with Gasteiger partial charge in [-0.25, -0.2) is 0 Å². The zero-order chi connectivity index (χ0) is 23.0. The van der Waals surface area contributed by atoms with Gasteiger partial charge in [0.2, 0.25) is 0 Å². The summed E-state index contributed by atoms with van der Waals surface area (Å²) in [7, 11) is 1.41. The number of ether oxygens (including phenoxy) is 1. The summed E-state index contributed by atoms with van der Waals surface area (Å²) < 4.78 is 4.67. The van der Waals surface area contributed by atoms with Gasteiger partial charge in [-0.15, -0.1) is 11.3 Å². The van der Waals surface area contributed by atoms with Gasteiger partial charge in [-0.1, -0.05) is 43.9 Å². The molecule has 0 aromatic carbocycles. The summed E-state index contributed by atoms with van der Waals surface area (Å²) in [5, 5.41) is 33.3. The van der Waals surface area contributed by atoms with Crippen LogP contribution in [0.4, 0.5) is 0 Å². The van der Waals surface area contributed by atoms with Gasteiger partial charge in [0.1, 0.15) is 0 Å². The van der Waals surface area contributed by atoms with Crippen molar-refractivity contribution in [2.45, 2.75) is 88.3 Å². The molecule has 6 heteroatoms. The van der Waals surface area contributed by atoms with Crippen LogP contribution in [0.25, 0.3) is 0 Å². The third kappa shape index (κ3) is 5.81. The van der Waals surface area contributed by atoms with E-state index in [0.717, 1.165) is 51.4 Å². The number of unbranched alkanes of at least 4 members (excludes halogenated alkanes) is 3. The molecule has 5 nitrogen and oxygen atoms in total. The second-order valence-electron chi connectivity index (χ2n) is 9.48. The molecular weight excluding hydrogens is 422 g/mol. The summed E-state index contributed by atoms with van der Waals surface area (Å²) in [6, 6.07) is 6.60. The van der Waals surface area contributed by atoms with Crippen molar-refractivity contribution in [3.8, 4) is 6.07 Å². The number of esters is 1. The van der Waals surface area contributed by atoms with E-state index in [4.69, 9.17) is 0 Å². The first-order valence-electron chi connectivity index (χ1n) is 12.0. The third-order valence-corrected chi connectivity index (χ3v) is 8.72. The molecule has 5 atom stereocenters. The number of carbonyl (C=O) groups is 1. The van der Waals surface area contributed by atoms with Crippen molar-refractivity contribution in [3.05, 3.63) is 34.5 Å². The number of methoxy groups -OCH3 is 1. The number of aliphatic hydroxyl groups is 2. The van der Waals surface area contributed by atoms with Crippen LogP contribution in [0.15, 0.2) is 29.7 Å². The molecule has 3 rings (SSSR count). The lowest BCUT2D eigenvalue weighted by atomic mass is 9.63. The summed E-state index contributed by atoms with van der Waals surface area (Å²) >= 11 is 1.73. The molecule has 1 heterocycles. The van der Waals surface area contributed by atoms with Gasteiger partial charge < -0.3 is 14.9 Å². The Morgan fingerprint density at radius 3 is 2.78 bits per heavy atom. The van der Waals surface area contributed by atoms with Gasteiger partial charge in [0, 0.05) is 22.6 Å². The van der Waals surface area contributed by atoms with Crippen LogP contribution < -0.4 is 0 Å². The van der Waals surface area contributed by atoms with Gasteiger partial charge >= 0.3 is 5.97 Å². The Labute approximate surface area is 196 Å². The van der Waals surface area contributed by atoms with E-state index in [0.29, 0.717) is 19.3 Å². The van der Waals surface area contributed by atoms with Crippen molar-refractivity contribution in [1.82, 2.24) is 0 Å². The number of thiophene rings is 1. The van der Waals surface area contributed by atoms with Gasteiger partial charge in [0.25, 0.3) is 0 Å². The quantitative estimate of drug-likeness (QED) is 0.257. The molecule has 2 saturated carbocycles. The van der Waals surface area contributed by atoms with Crippen LogP contribution in [0, 0.1) is 29.1 Å². The zero-order valence-corrected chi connectivity index (χ0v) is 19.9. The molecule has 0 amide bonds. The summed E-state index contributed by atoms with van der Waals surface area (Å²) in [6.07, 6.45) is 12.7. The maximum Gasteiger partial charge on any atom is 0.305 e. The van der Waals surface area contributed by atoms with Crippen LogP contribution in [0.5, 0.6) is 0 Å². The SMILES string of the molecule is COC(=O)CCCCCC[C@@H]1[C@H](C=CCC(O)C2(c3cccs3)CCC2)[C@H](O)C[C@@H]1C#N. The first-order valence-corrected chi connectivity index (χ1v) is 12.9. The van der Waals surface area contributed by atoms with E-state index in [1.807, 2.05) is 6.08 Å². The number of nitriles is 1. The molecule has 2 fully saturated rings. The molecule has 1 unspecified atom stereocenters. The Morgan fingerprint density at radius 1 is 1.38 bits per heavy atom. The Bertz CT molecular complexity index is 780. The average molecular weight is 460 g/mol. The summed E-state index contributed by atoms with van der Waals surface area (Å²) in [5.74, 6) is -0.160. The molecule has 2 aliphatic rings. The van der Waals surface area contributed by atoms with E-state index in [1.165, 1.54) is 12.0 Å². The van der Waals surface area contributed by atoms with Crippen LogP contribution >= 0.6 is 11.3 Å². The van der Waals surface area contributed by atoms with Crippen molar-refractivity contribution >= 4 is 17.3 Å². The molecule has 0 bridgehead atoms. The smallest absolute Gasteiger partial charge is 0.305 e. The van der Waals surface area contributed by atoms with Gasteiger partial charge in [0.15, 0.2) is 0 Å². The molecule has 32 heavy (non-hydrogen) atoms. The minimum atomic E-state index is -0.493. The van der Waals surface area contributed by atoms with E-state index >= 15 is 0 Å². The normalized spacial score (nSPS) is 27.7. The maximum absolute atomic E-state index is 11.2. The van der Waals surface area contributed by atoms with Crippen LogP contribution in [0.3, 0.4) is 0 Å². The number of rotatable bonds is 12. The molecule has 1 aromatic rings. The van der Waals surface area contributed by atoms with Gasteiger partial charge in [-0.3, -0.25) is 4.79 Å². The van der Waals surface area contributed by atoms with E-state index in [2.05, 4.69) is 34.4 Å². The van der Waals surface area contributed by atoms with Crippen molar-refractivity contribution in [1.29, 1.82) is 5.26 Å². The molecule has 1 aromatic heterocycles. The van der Waals surface area contributed by atoms with Gasteiger partial charge in [0.05, 0.1) is 31.3 Å². The van der Waals surface area contributed by atoms with Crippen molar-refractivity contribution in [2.24, 2.45) is 17.8 Å². The molecule has 176 valence electrons. The topological polar surface area (TPSA) is 90.6 Å². The maximum atomic E-state index is 11.2. The number of aliphatic hydroxyl groups excluding tert-OH is 2. The fourth-order valence-corrected chi connectivity index (χ4v) is 6.55. The Kier molecular flexibility index (Phi) is 9.34. The van der Waals surface area contributed by atoms with Crippen LogP contribution in [0.2, 0.25) is 0 Å². The lowest BCUT2D eigenvalue weighted by Crippen LogP contribution is -2.44. The van der Waals surface area contributed by atoms with E-state index < -0.39 is 12.2 Å². The summed E-state index contributed by atoms with van der Waals surface area (Å²) in [4.78, 5) is 12.5. The van der Waals surface area contributed by atoms with Gasteiger partial charge in [-0.2, -0.15) is 5.26 Å². The largest absolute Gasteiger partial charge is 0.469 e. The number of hydrogen-bond acceptors (Lipinski definition) is 6. The molecular formula is C26H37NO4S. The average Bonchev–Trinajstić information content (AvgIpc) is 3.38. The monoisotopic (exact) mass is 459 g/mol. The molecule has 2 aliphatic carbocycles. The lowest BCUT2D eigenvalue weighted by molar-refractivity contribution is -0.140. The van der Waals surface area contributed by atoms with Crippen molar-refractivity contribution < 1.29 is 19.7 Å². The standard InChI is InChI=1S/C26H37NO4S/c1-31-25(30)13-5-3-2-4-9-20-19(18-27)17-22(28)21(20)10-6-11-23(29)26(14-8-15-26)24-12-7-16-32-24/h6-7,10,12,16,19-23,28-29H,2-5,8-9,11,13-15,17H2,1H3/t19-,20+,21+,22-,23?/m1/s1.